The van der Waals surface area contributed by atoms with Crippen molar-refractivity contribution in [3.8, 4) is 22.6 Å². The minimum absolute atomic E-state index is 0.00943. The van der Waals surface area contributed by atoms with Gasteiger partial charge in [0.25, 0.3) is 5.91 Å². The van der Waals surface area contributed by atoms with Crippen LogP contribution in [-0.2, 0) is 0 Å². The lowest BCUT2D eigenvalue weighted by Crippen LogP contribution is -2.25. The number of ether oxygens (including phenoxy) is 2. The first-order valence-electron chi connectivity index (χ1n) is 9.43. The Kier molecular flexibility index (Phi) is 4.72. The highest BCUT2D eigenvalue weighted by Crippen LogP contribution is 2.44. The lowest BCUT2D eigenvalue weighted by atomic mass is 9.99. The summed E-state index contributed by atoms with van der Waals surface area (Å²) in [5.41, 5.74) is 3.82. The summed E-state index contributed by atoms with van der Waals surface area (Å²) in [4.78, 5) is 12.7. The number of carbonyl (C=O) groups is 1. The quantitative estimate of drug-likeness (QED) is 0.597. The number of carbonyl (C=O) groups excluding carboxylic acids is 1. The van der Waals surface area contributed by atoms with Crippen LogP contribution in [0.5, 0.6) is 11.5 Å². The highest BCUT2D eigenvalue weighted by molar-refractivity contribution is 6.05. The van der Waals surface area contributed by atoms with E-state index in [0.717, 1.165) is 16.7 Å². The molecule has 0 bridgehead atoms. The number of hydrogen-bond acceptors (Lipinski definition) is 5. The van der Waals surface area contributed by atoms with Crippen LogP contribution in [0.15, 0.2) is 40.9 Å². The smallest absolute Gasteiger partial charge is 0.395 e. The minimum atomic E-state index is -3.66. The predicted octanol–water partition coefficient (Wildman–Crippen LogP) is 5.66. The van der Waals surface area contributed by atoms with Crippen molar-refractivity contribution in [2.24, 2.45) is 0 Å². The second kappa shape index (κ2) is 7.12. The molecule has 0 saturated carbocycles. The Bertz CT molecular complexity index is 1120. The maximum absolute atomic E-state index is 13.3. The number of hydrogen-bond donors (Lipinski definition) is 1. The third kappa shape index (κ3) is 3.60. The normalized spacial score (nSPS) is 14.2. The molecular formula is C22H20F2N2O4. The minimum Gasteiger partial charge on any atom is -0.395 e. The molecule has 2 aromatic carbocycles. The molecule has 1 amide bonds. The summed E-state index contributed by atoms with van der Waals surface area (Å²) in [6.45, 7) is 7.37. The van der Waals surface area contributed by atoms with Crippen LogP contribution in [0.1, 0.15) is 47.1 Å². The van der Waals surface area contributed by atoms with E-state index in [1.54, 1.807) is 38.1 Å². The van der Waals surface area contributed by atoms with Crippen molar-refractivity contribution in [1.82, 2.24) is 5.16 Å². The van der Waals surface area contributed by atoms with Gasteiger partial charge < -0.3 is 19.3 Å². The van der Waals surface area contributed by atoms with Crippen LogP contribution in [0.25, 0.3) is 11.1 Å². The summed E-state index contributed by atoms with van der Waals surface area (Å²) >= 11 is 0. The van der Waals surface area contributed by atoms with Gasteiger partial charge in [-0.15, -0.1) is 8.78 Å². The van der Waals surface area contributed by atoms with E-state index in [9.17, 15) is 13.6 Å². The predicted molar refractivity (Wildman–Crippen MR) is 106 cm³/mol. The molecule has 0 radical (unpaired) electrons. The van der Waals surface area contributed by atoms with Gasteiger partial charge in [-0.05, 0) is 54.8 Å². The Balaban J connectivity index is 1.56. The third-order valence-corrected chi connectivity index (χ3v) is 4.84. The average molecular weight is 414 g/mol. The molecule has 0 saturated heterocycles. The maximum Gasteiger partial charge on any atom is 0.586 e. The Labute approximate surface area is 171 Å². The number of amides is 1. The number of nitrogens with zero attached hydrogens (tertiary/aromatic N) is 1. The number of rotatable bonds is 4. The first-order valence-corrected chi connectivity index (χ1v) is 9.43. The number of nitrogens with one attached hydrogen (secondary N) is 1. The van der Waals surface area contributed by atoms with Gasteiger partial charge in [0, 0.05) is 11.6 Å². The molecule has 0 atom stereocenters. The van der Waals surface area contributed by atoms with Gasteiger partial charge in [-0.3, -0.25) is 4.79 Å². The van der Waals surface area contributed by atoms with Gasteiger partial charge in [-0.2, -0.15) is 0 Å². The molecule has 1 N–H and O–H groups in total. The number of aryl methyl sites for hydroxylation is 2. The van der Waals surface area contributed by atoms with Crippen molar-refractivity contribution >= 4 is 11.6 Å². The largest absolute Gasteiger partial charge is 0.586 e. The zero-order valence-corrected chi connectivity index (χ0v) is 16.9. The molecule has 0 aliphatic carbocycles. The molecule has 0 fully saturated rings. The Morgan fingerprint density at radius 3 is 2.33 bits per heavy atom. The standard InChI is InChI=1S/C22H20F2N2O4/c1-11(2)20-19(13(4)26-30-20)21(27)25-15-7-5-14(6-8-15)16-10-18-17(9-12(16)3)28-22(23,24)29-18/h5-11H,1-4H3,(H,25,27). The van der Waals surface area contributed by atoms with E-state index >= 15 is 0 Å². The van der Waals surface area contributed by atoms with Gasteiger partial charge in [-0.1, -0.05) is 31.1 Å². The van der Waals surface area contributed by atoms with Gasteiger partial charge >= 0.3 is 6.29 Å². The van der Waals surface area contributed by atoms with Gasteiger partial charge in [0.05, 0.1) is 5.69 Å². The zero-order chi connectivity index (χ0) is 21.6. The van der Waals surface area contributed by atoms with Crippen molar-refractivity contribution in [1.29, 1.82) is 0 Å². The lowest BCUT2D eigenvalue weighted by Gasteiger charge is -2.10. The number of alkyl halides is 2. The zero-order valence-electron chi connectivity index (χ0n) is 16.9. The van der Waals surface area contributed by atoms with Crippen molar-refractivity contribution in [3.05, 3.63) is 59.0 Å². The first-order chi connectivity index (χ1) is 14.1. The van der Waals surface area contributed by atoms with Crippen molar-refractivity contribution in [3.63, 3.8) is 0 Å². The fraction of sp³-hybridized carbons (Fsp3) is 0.273. The number of benzene rings is 2. The molecule has 6 nitrogen and oxygen atoms in total. The lowest BCUT2D eigenvalue weighted by molar-refractivity contribution is -0.286. The molecule has 8 heteroatoms. The fourth-order valence-electron chi connectivity index (χ4n) is 3.39. The van der Waals surface area contributed by atoms with Crippen LogP contribution in [0.3, 0.4) is 0 Å². The summed E-state index contributed by atoms with van der Waals surface area (Å²) in [5, 5.41) is 6.73. The Hall–Kier alpha value is -3.42. The van der Waals surface area contributed by atoms with Crippen LogP contribution in [-0.4, -0.2) is 17.4 Å². The molecule has 1 aliphatic rings. The average Bonchev–Trinajstić information content (AvgIpc) is 3.19. The van der Waals surface area contributed by atoms with E-state index < -0.39 is 6.29 Å². The number of anilines is 1. The summed E-state index contributed by atoms with van der Waals surface area (Å²) in [6.07, 6.45) is -3.66. The van der Waals surface area contributed by atoms with E-state index in [2.05, 4.69) is 19.9 Å². The highest BCUT2D eigenvalue weighted by Gasteiger charge is 2.43. The van der Waals surface area contributed by atoms with Crippen LogP contribution in [0.4, 0.5) is 14.5 Å². The van der Waals surface area contributed by atoms with Crippen molar-refractivity contribution in [2.75, 3.05) is 5.32 Å². The van der Waals surface area contributed by atoms with Gasteiger partial charge in [-0.25, -0.2) is 0 Å². The van der Waals surface area contributed by atoms with Crippen LogP contribution < -0.4 is 14.8 Å². The summed E-state index contributed by atoms with van der Waals surface area (Å²) in [5.74, 6) is 0.258. The van der Waals surface area contributed by atoms with Crippen molar-refractivity contribution < 1.29 is 27.6 Å². The van der Waals surface area contributed by atoms with Gasteiger partial charge in [0.2, 0.25) is 0 Å². The second-order valence-corrected chi connectivity index (χ2v) is 7.47. The van der Waals surface area contributed by atoms with E-state index in [-0.39, 0.29) is 23.3 Å². The van der Waals surface area contributed by atoms with E-state index in [1.807, 2.05) is 13.8 Å². The monoisotopic (exact) mass is 414 g/mol. The maximum atomic E-state index is 13.3. The second-order valence-electron chi connectivity index (χ2n) is 7.47. The van der Waals surface area contributed by atoms with Crippen LogP contribution >= 0.6 is 0 Å². The van der Waals surface area contributed by atoms with Gasteiger partial charge in [0.1, 0.15) is 5.56 Å². The summed E-state index contributed by atoms with van der Waals surface area (Å²) in [7, 11) is 0. The molecule has 0 spiro atoms. The molecule has 1 aliphatic heterocycles. The molecule has 4 rings (SSSR count). The van der Waals surface area contributed by atoms with Gasteiger partial charge in [0.15, 0.2) is 17.3 Å². The number of halogens is 2. The SMILES string of the molecule is Cc1cc2c(cc1-c1ccc(NC(=O)c3c(C)noc3C(C)C)cc1)OC(F)(F)O2. The van der Waals surface area contributed by atoms with Crippen LogP contribution in [0.2, 0.25) is 0 Å². The van der Waals surface area contributed by atoms with Crippen LogP contribution in [0, 0.1) is 13.8 Å². The van der Waals surface area contributed by atoms with E-state index in [1.165, 1.54) is 12.1 Å². The van der Waals surface area contributed by atoms with E-state index in [0.29, 0.717) is 22.7 Å². The number of aromatic nitrogens is 1. The molecule has 3 aromatic rings. The number of fused-ring (bicyclic) bond motifs is 1. The Morgan fingerprint density at radius 1 is 1.07 bits per heavy atom. The molecule has 156 valence electrons. The molecule has 2 heterocycles. The fourth-order valence-corrected chi connectivity index (χ4v) is 3.39. The van der Waals surface area contributed by atoms with Crippen molar-refractivity contribution in [2.45, 2.75) is 39.9 Å². The summed E-state index contributed by atoms with van der Waals surface area (Å²) in [6, 6.07) is 10.1. The molecule has 30 heavy (non-hydrogen) atoms. The third-order valence-electron chi connectivity index (χ3n) is 4.84. The van der Waals surface area contributed by atoms with E-state index in [4.69, 9.17) is 4.52 Å². The summed E-state index contributed by atoms with van der Waals surface area (Å²) < 4.78 is 40.9. The molecule has 0 unspecified atom stereocenters. The molecule has 1 aromatic heterocycles. The first kappa shape index (κ1) is 19.9. The highest BCUT2D eigenvalue weighted by atomic mass is 19.3. The molecular weight excluding hydrogens is 394 g/mol. The topological polar surface area (TPSA) is 73.6 Å². The Morgan fingerprint density at radius 2 is 1.70 bits per heavy atom.